The van der Waals surface area contributed by atoms with Crippen molar-refractivity contribution < 1.29 is 4.74 Å². The van der Waals surface area contributed by atoms with Crippen LogP contribution in [-0.4, -0.2) is 16.6 Å². The van der Waals surface area contributed by atoms with Crippen LogP contribution in [0, 0.1) is 11.8 Å². The molecule has 0 amide bonds. The van der Waals surface area contributed by atoms with E-state index in [1.165, 1.54) is 89.0 Å². The second-order valence-electron chi connectivity index (χ2n) is 10.0. The van der Waals surface area contributed by atoms with Crippen molar-refractivity contribution in [3.63, 3.8) is 0 Å². The molecule has 0 spiro atoms. The fourth-order valence-corrected chi connectivity index (χ4v) is 5.28. The van der Waals surface area contributed by atoms with Gasteiger partial charge in [-0.1, -0.05) is 103 Å². The molecular weight excluding hydrogens is 404 g/mol. The van der Waals surface area contributed by atoms with Crippen LogP contribution in [-0.2, 0) is 6.42 Å². The molecule has 1 aromatic heterocycles. The minimum absolute atomic E-state index is 0.785. The molecule has 1 saturated carbocycles. The topological polar surface area (TPSA) is 35.0 Å². The first kappa shape index (κ1) is 25.7. The third-order valence-corrected chi connectivity index (χ3v) is 7.55. The van der Waals surface area contributed by atoms with Gasteiger partial charge in [0.25, 0.3) is 0 Å². The van der Waals surface area contributed by atoms with E-state index in [9.17, 15) is 0 Å². The Bertz CT molecular complexity index is 782. The fourth-order valence-electron chi connectivity index (χ4n) is 5.28. The van der Waals surface area contributed by atoms with Crippen molar-refractivity contribution in [3.8, 4) is 17.0 Å². The summed E-state index contributed by atoms with van der Waals surface area (Å²) in [6.07, 6.45) is 23.5. The highest BCUT2D eigenvalue weighted by Crippen LogP contribution is 2.35. The molecule has 1 fully saturated rings. The number of nitrogens with zero attached hydrogens (tertiary/aromatic N) is 2. The van der Waals surface area contributed by atoms with E-state index >= 15 is 0 Å². The lowest BCUT2D eigenvalue weighted by molar-refractivity contribution is 0.259. The minimum atomic E-state index is 0.785. The summed E-state index contributed by atoms with van der Waals surface area (Å²) in [6, 6.07) is 8.41. The lowest BCUT2D eigenvalue weighted by Crippen LogP contribution is -2.14. The second-order valence-corrected chi connectivity index (χ2v) is 10.0. The summed E-state index contributed by atoms with van der Waals surface area (Å²) < 4.78 is 6.25. The number of rotatable bonds is 15. The van der Waals surface area contributed by atoms with E-state index in [1.807, 2.05) is 6.20 Å². The lowest BCUT2D eigenvalue weighted by Gasteiger charge is -2.27. The van der Waals surface area contributed by atoms with Gasteiger partial charge in [-0.05, 0) is 48.8 Å². The van der Waals surface area contributed by atoms with E-state index in [-0.39, 0.29) is 0 Å². The summed E-state index contributed by atoms with van der Waals surface area (Å²) in [5.74, 6) is 2.78. The molecular formula is C30H46N2O. The van der Waals surface area contributed by atoms with Crippen LogP contribution in [0.5, 0.6) is 5.75 Å². The molecule has 0 saturated heterocycles. The Morgan fingerprint density at radius 2 is 1.55 bits per heavy atom. The summed E-state index contributed by atoms with van der Waals surface area (Å²) in [4.78, 5) is 9.06. The van der Waals surface area contributed by atoms with Crippen molar-refractivity contribution in [2.75, 3.05) is 6.61 Å². The third-order valence-electron chi connectivity index (χ3n) is 7.55. The number of benzene rings is 1. The van der Waals surface area contributed by atoms with Crippen LogP contribution in [0.4, 0.5) is 0 Å². The lowest BCUT2D eigenvalue weighted by atomic mass is 9.78. The van der Waals surface area contributed by atoms with Gasteiger partial charge in [-0.3, -0.25) is 0 Å². The maximum absolute atomic E-state index is 6.25. The van der Waals surface area contributed by atoms with Gasteiger partial charge in [0.1, 0.15) is 12.1 Å². The van der Waals surface area contributed by atoms with Crippen LogP contribution >= 0.6 is 0 Å². The molecule has 1 aliphatic carbocycles. The molecule has 2 aromatic rings. The fraction of sp³-hybridized carbons (Fsp3) is 0.667. The minimum Gasteiger partial charge on any atom is -0.493 e. The number of aryl methyl sites for hydroxylation is 1. The highest BCUT2D eigenvalue weighted by Gasteiger charge is 2.21. The number of unbranched alkanes of at least 4 members (excludes halogenated alkanes) is 7. The van der Waals surface area contributed by atoms with Crippen LogP contribution in [0.15, 0.2) is 36.8 Å². The van der Waals surface area contributed by atoms with Crippen LogP contribution in [0.2, 0.25) is 0 Å². The van der Waals surface area contributed by atoms with Crippen molar-refractivity contribution in [2.24, 2.45) is 11.8 Å². The van der Waals surface area contributed by atoms with Gasteiger partial charge in [-0.25, -0.2) is 9.97 Å². The average molecular weight is 451 g/mol. The number of hydrogen-bond acceptors (Lipinski definition) is 3. The summed E-state index contributed by atoms with van der Waals surface area (Å²) >= 11 is 0. The van der Waals surface area contributed by atoms with Gasteiger partial charge in [0, 0.05) is 11.8 Å². The number of aromatic nitrogens is 2. The molecule has 33 heavy (non-hydrogen) atoms. The smallest absolute Gasteiger partial charge is 0.128 e. The number of ether oxygens (including phenoxy) is 1. The van der Waals surface area contributed by atoms with E-state index in [0.29, 0.717) is 0 Å². The van der Waals surface area contributed by atoms with Gasteiger partial charge in [0.05, 0.1) is 12.3 Å². The van der Waals surface area contributed by atoms with E-state index in [4.69, 9.17) is 9.72 Å². The van der Waals surface area contributed by atoms with E-state index in [1.54, 1.807) is 6.33 Å². The van der Waals surface area contributed by atoms with Crippen LogP contribution in [0.1, 0.15) is 109 Å². The predicted octanol–water partition coefficient (Wildman–Crippen LogP) is 8.81. The molecule has 0 radical (unpaired) electrons. The highest BCUT2D eigenvalue weighted by atomic mass is 16.5. The molecule has 0 bridgehead atoms. The number of hydrogen-bond donors (Lipinski definition) is 0. The van der Waals surface area contributed by atoms with Gasteiger partial charge in [0.15, 0.2) is 0 Å². The summed E-state index contributed by atoms with van der Waals surface area (Å²) in [7, 11) is 0. The molecule has 0 unspecified atom stereocenters. The molecule has 3 heteroatoms. The van der Waals surface area contributed by atoms with Gasteiger partial charge < -0.3 is 4.74 Å². The van der Waals surface area contributed by atoms with Crippen LogP contribution < -0.4 is 4.74 Å². The first-order valence-electron chi connectivity index (χ1n) is 13.8. The zero-order valence-electron chi connectivity index (χ0n) is 21.2. The normalized spacial score (nSPS) is 18.4. The van der Waals surface area contributed by atoms with Crippen molar-refractivity contribution in [2.45, 2.75) is 110 Å². The molecule has 0 atom stereocenters. The van der Waals surface area contributed by atoms with Gasteiger partial charge in [-0.2, -0.15) is 0 Å². The third kappa shape index (κ3) is 8.76. The molecule has 0 N–H and O–H groups in total. The van der Waals surface area contributed by atoms with Crippen molar-refractivity contribution >= 4 is 0 Å². The Kier molecular flexibility index (Phi) is 11.8. The van der Waals surface area contributed by atoms with Gasteiger partial charge in [-0.15, -0.1) is 0 Å². The van der Waals surface area contributed by atoms with Crippen LogP contribution in [0.3, 0.4) is 0 Å². The Morgan fingerprint density at radius 3 is 2.30 bits per heavy atom. The average Bonchev–Trinajstić information content (AvgIpc) is 2.87. The zero-order valence-corrected chi connectivity index (χ0v) is 21.2. The summed E-state index contributed by atoms with van der Waals surface area (Å²) in [6.45, 7) is 5.40. The molecule has 3 rings (SSSR count). The maximum atomic E-state index is 6.25. The van der Waals surface area contributed by atoms with E-state index in [0.717, 1.165) is 48.3 Å². The molecule has 1 aliphatic rings. The van der Waals surface area contributed by atoms with Crippen molar-refractivity contribution in [3.05, 3.63) is 42.4 Å². The van der Waals surface area contributed by atoms with E-state index in [2.05, 4.69) is 43.1 Å². The Hall–Kier alpha value is -1.90. The zero-order chi connectivity index (χ0) is 23.1. The summed E-state index contributed by atoms with van der Waals surface area (Å²) in [5.41, 5.74) is 3.43. The van der Waals surface area contributed by atoms with E-state index < -0.39 is 0 Å². The van der Waals surface area contributed by atoms with Crippen molar-refractivity contribution in [1.29, 1.82) is 0 Å². The Labute approximate surface area is 202 Å². The second kappa shape index (κ2) is 15.1. The standard InChI is InChI=1S/C30H46N2O/c1-3-5-6-7-8-9-10-13-22-33-29-15-12-11-14-28(29)30-27(23-31-24-32-30)21-20-26-18-16-25(4-2)17-19-26/h11-12,14-15,23-26H,3-10,13,16-22H2,1-2H3. The van der Waals surface area contributed by atoms with Crippen molar-refractivity contribution in [1.82, 2.24) is 9.97 Å². The summed E-state index contributed by atoms with van der Waals surface area (Å²) in [5, 5.41) is 0. The maximum Gasteiger partial charge on any atom is 0.128 e. The first-order valence-corrected chi connectivity index (χ1v) is 13.8. The van der Waals surface area contributed by atoms with Gasteiger partial charge in [0.2, 0.25) is 0 Å². The Balaban J connectivity index is 1.50. The molecule has 1 aromatic carbocycles. The highest BCUT2D eigenvalue weighted by molar-refractivity contribution is 5.69. The molecule has 3 nitrogen and oxygen atoms in total. The van der Waals surface area contributed by atoms with Gasteiger partial charge >= 0.3 is 0 Å². The SMILES string of the molecule is CCCCCCCCCCOc1ccccc1-c1ncncc1CCC1CCC(CC)CC1. The molecule has 0 aliphatic heterocycles. The molecule has 182 valence electrons. The quantitative estimate of drug-likeness (QED) is 0.254. The Morgan fingerprint density at radius 1 is 0.848 bits per heavy atom. The molecule has 1 heterocycles. The predicted molar refractivity (Wildman–Crippen MR) is 140 cm³/mol. The monoisotopic (exact) mass is 450 g/mol. The first-order chi connectivity index (χ1) is 16.3. The number of para-hydroxylation sites is 1. The largest absolute Gasteiger partial charge is 0.493 e. The van der Waals surface area contributed by atoms with Crippen LogP contribution in [0.25, 0.3) is 11.3 Å².